The van der Waals surface area contributed by atoms with Gasteiger partial charge in [-0.15, -0.1) is 0 Å². The highest BCUT2D eigenvalue weighted by atomic mass is 16.5. The molecule has 7 heteroatoms. The van der Waals surface area contributed by atoms with Gasteiger partial charge in [0.15, 0.2) is 5.96 Å². The summed E-state index contributed by atoms with van der Waals surface area (Å²) in [6.45, 7) is 4.54. The van der Waals surface area contributed by atoms with Crippen LogP contribution in [0.15, 0.2) is 17.4 Å². The summed E-state index contributed by atoms with van der Waals surface area (Å²) in [7, 11) is 7.94. The van der Waals surface area contributed by atoms with E-state index < -0.39 is 0 Å². The first-order valence-corrected chi connectivity index (χ1v) is 10.3. The molecular formula is C20H38N6O. The number of likely N-dealkylation sites (N-methyl/N-ethyl adjacent to an activating group) is 1. The van der Waals surface area contributed by atoms with Crippen LogP contribution in [-0.2, 0) is 11.8 Å². The number of aliphatic imine (C=N–C) groups is 1. The highest BCUT2D eigenvalue weighted by molar-refractivity contribution is 5.79. The third-order valence-electron chi connectivity index (χ3n) is 5.45. The van der Waals surface area contributed by atoms with E-state index in [0.717, 1.165) is 38.0 Å². The van der Waals surface area contributed by atoms with Gasteiger partial charge >= 0.3 is 0 Å². The van der Waals surface area contributed by atoms with Crippen LogP contribution >= 0.6 is 0 Å². The number of nitrogens with one attached hydrogen (secondary N) is 2. The number of rotatable bonds is 10. The number of guanidine groups is 1. The summed E-state index contributed by atoms with van der Waals surface area (Å²) >= 11 is 0. The monoisotopic (exact) mass is 378 g/mol. The minimum absolute atomic E-state index is 0.243. The zero-order chi connectivity index (χ0) is 19.6. The Kier molecular flexibility index (Phi) is 9.07. The van der Waals surface area contributed by atoms with Crippen molar-refractivity contribution in [3.05, 3.63) is 18.0 Å². The lowest BCUT2D eigenvalue weighted by atomic mass is 9.98. The van der Waals surface area contributed by atoms with E-state index in [2.05, 4.69) is 52.8 Å². The quantitative estimate of drug-likeness (QED) is 0.482. The molecule has 1 saturated carbocycles. The van der Waals surface area contributed by atoms with Crippen LogP contribution in [0.1, 0.15) is 50.6 Å². The third-order valence-corrected chi connectivity index (χ3v) is 5.45. The van der Waals surface area contributed by atoms with Crippen molar-refractivity contribution in [2.24, 2.45) is 18.0 Å². The van der Waals surface area contributed by atoms with Crippen LogP contribution in [0, 0.1) is 5.92 Å². The lowest BCUT2D eigenvalue weighted by Crippen LogP contribution is -2.42. The molecule has 0 aromatic carbocycles. The van der Waals surface area contributed by atoms with Crippen molar-refractivity contribution in [1.82, 2.24) is 25.3 Å². The first-order valence-electron chi connectivity index (χ1n) is 10.3. The second-order valence-corrected chi connectivity index (χ2v) is 7.63. The van der Waals surface area contributed by atoms with E-state index >= 15 is 0 Å². The molecule has 2 unspecified atom stereocenters. The normalized spacial score (nSPS) is 18.1. The maximum atomic E-state index is 6.01. The highest BCUT2D eigenvalue weighted by Gasteiger charge is 2.25. The molecule has 2 atom stereocenters. The van der Waals surface area contributed by atoms with E-state index in [-0.39, 0.29) is 6.04 Å². The number of hydrogen-bond donors (Lipinski definition) is 2. The summed E-state index contributed by atoms with van der Waals surface area (Å²) in [5.41, 5.74) is 1.20. The van der Waals surface area contributed by atoms with Crippen LogP contribution < -0.4 is 10.6 Å². The Balaban J connectivity index is 1.80. The molecule has 0 saturated heterocycles. The van der Waals surface area contributed by atoms with Crippen molar-refractivity contribution in [2.75, 3.05) is 40.8 Å². The molecule has 27 heavy (non-hydrogen) atoms. The van der Waals surface area contributed by atoms with Crippen molar-refractivity contribution in [3.63, 3.8) is 0 Å². The molecule has 1 aromatic heterocycles. The second kappa shape index (κ2) is 11.3. The van der Waals surface area contributed by atoms with Crippen LogP contribution in [0.25, 0.3) is 0 Å². The van der Waals surface area contributed by atoms with Gasteiger partial charge in [0.1, 0.15) is 0 Å². The van der Waals surface area contributed by atoms with Gasteiger partial charge in [-0.05, 0) is 46.2 Å². The molecule has 0 spiro atoms. The zero-order valence-corrected chi connectivity index (χ0v) is 17.7. The average Bonchev–Trinajstić information content (AvgIpc) is 3.31. The predicted molar refractivity (Wildman–Crippen MR) is 111 cm³/mol. The second-order valence-electron chi connectivity index (χ2n) is 7.63. The van der Waals surface area contributed by atoms with Crippen LogP contribution in [0.3, 0.4) is 0 Å². The number of ether oxygens (including phenoxy) is 1. The van der Waals surface area contributed by atoms with E-state index in [0.29, 0.717) is 6.10 Å². The first kappa shape index (κ1) is 21.7. The number of nitrogens with zero attached hydrogens (tertiary/aromatic N) is 4. The van der Waals surface area contributed by atoms with Gasteiger partial charge in [-0.25, -0.2) is 0 Å². The molecule has 1 aliphatic carbocycles. The molecule has 1 aromatic rings. The molecule has 2 N–H and O–H groups in total. The summed E-state index contributed by atoms with van der Waals surface area (Å²) in [5.74, 6) is 1.57. The highest BCUT2D eigenvalue weighted by Crippen LogP contribution is 2.30. The van der Waals surface area contributed by atoms with Gasteiger partial charge in [-0.3, -0.25) is 9.67 Å². The van der Waals surface area contributed by atoms with Gasteiger partial charge < -0.3 is 20.3 Å². The van der Waals surface area contributed by atoms with Crippen molar-refractivity contribution >= 4 is 5.96 Å². The van der Waals surface area contributed by atoms with Gasteiger partial charge in [0.25, 0.3) is 0 Å². The van der Waals surface area contributed by atoms with Crippen LogP contribution in [0.4, 0.5) is 0 Å². The van der Waals surface area contributed by atoms with Crippen molar-refractivity contribution < 1.29 is 4.74 Å². The van der Waals surface area contributed by atoms with Gasteiger partial charge in [0, 0.05) is 45.6 Å². The smallest absolute Gasteiger partial charge is 0.191 e. The number of aryl methyl sites for hydroxylation is 1. The summed E-state index contributed by atoms with van der Waals surface area (Å²) in [6.07, 6.45) is 10.7. The van der Waals surface area contributed by atoms with Crippen molar-refractivity contribution in [2.45, 2.75) is 51.2 Å². The summed E-state index contributed by atoms with van der Waals surface area (Å²) < 4.78 is 7.86. The Morgan fingerprint density at radius 1 is 1.37 bits per heavy atom. The minimum atomic E-state index is 0.243. The van der Waals surface area contributed by atoms with E-state index in [1.165, 1.54) is 31.2 Å². The molecule has 2 rings (SSSR count). The lowest BCUT2D eigenvalue weighted by molar-refractivity contribution is 0.0169. The minimum Gasteiger partial charge on any atom is -0.378 e. The van der Waals surface area contributed by atoms with Crippen molar-refractivity contribution in [3.8, 4) is 0 Å². The molecule has 1 fully saturated rings. The maximum Gasteiger partial charge on any atom is 0.191 e. The van der Waals surface area contributed by atoms with E-state index in [4.69, 9.17) is 4.74 Å². The Labute approximate surface area is 164 Å². The number of aromatic nitrogens is 2. The van der Waals surface area contributed by atoms with Crippen LogP contribution in [0.5, 0.6) is 0 Å². The summed E-state index contributed by atoms with van der Waals surface area (Å²) in [6, 6.07) is 0.243. The van der Waals surface area contributed by atoms with Crippen LogP contribution in [-0.4, -0.2) is 67.6 Å². The number of hydrogen-bond acceptors (Lipinski definition) is 4. The first-order chi connectivity index (χ1) is 13.0. The van der Waals surface area contributed by atoms with Crippen LogP contribution in [0.2, 0.25) is 0 Å². The standard InChI is InChI=1S/C20H38N6O/c1-6-27-19(16-9-7-8-10-16)11-12-22-20(21-2)23-14-18(25(3)4)17-13-24-26(5)15-17/h13,15-16,18-19H,6-12,14H2,1-5H3,(H2,21,22,23). The molecule has 1 aliphatic rings. The lowest BCUT2D eigenvalue weighted by Gasteiger charge is -2.26. The molecular weight excluding hydrogens is 340 g/mol. The molecule has 7 nitrogen and oxygen atoms in total. The van der Waals surface area contributed by atoms with Crippen molar-refractivity contribution in [1.29, 1.82) is 0 Å². The van der Waals surface area contributed by atoms with E-state index in [9.17, 15) is 0 Å². The fraction of sp³-hybridized carbons (Fsp3) is 0.800. The van der Waals surface area contributed by atoms with Gasteiger partial charge in [0.05, 0.1) is 18.3 Å². The fourth-order valence-electron chi connectivity index (χ4n) is 3.96. The topological polar surface area (TPSA) is 66.7 Å². The van der Waals surface area contributed by atoms with Gasteiger partial charge in [-0.2, -0.15) is 5.10 Å². The average molecular weight is 379 g/mol. The molecule has 0 aliphatic heterocycles. The van der Waals surface area contributed by atoms with E-state index in [1.54, 1.807) is 0 Å². The molecule has 0 radical (unpaired) electrons. The summed E-state index contributed by atoms with van der Waals surface area (Å²) in [4.78, 5) is 6.57. The Morgan fingerprint density at radius 2 is 2.11 bits per heavy atom. The zero-order valence-electron chi connectivity index (χ0n) is 17.7. The van der Waals surface area contributed by atoms with E-state index in [1.807, 2.05) is 25.0 Å². The Bertz CT molecular complexity index is 565. The Morgan fingerprint density at radius 3 is 2.67 bits per heavy atom. The predicted octanol–water partition coefficient (Wildman–Crippen LogP) is 2.17. The molecule has 154 valence electrons. The Hall–Kier alpha value is -1.60. The molecule has 0 bridgehead atoms. The molecule has 1 heterocycles. The third kappa shape index (κ3) is 6.81. The van der Waals surface area contributed by atoms with Gasteiger partial charge in [0.2, 0.25) is 0 Å². The fourth-order valence-corrected chi connectivity index (χ4v) is 3.96. The maximum absolute atomic E-state index is 6.01. The van der Waals surface area contributed by atoms with Gasteiger partial charge in [-0.1, -0.05) is 12.8 Å². The SMILES string of the molecule is CCOC(CCNC(=NC)NCC(c1cnn(C)c1)N(C)C)C1CCCC1. The molecule has 0 amide bonds. The summed E-state index contributed by atoms with van der Waals surface area (Å²) in [5, 5.41) is 11.2. The largest absolute Gasteiger partial charge is 0.378 e.